The maximum Gasteiger partial charge on any atom is 0.332 e. The summed E-state index contributed by atoms with van der Waals surface area (Å²) in [5.74, 6) is -1.29. The average Bonchev–Trinajstić information content (AvgIpc) is 2.80. The summed E-state index contributed by atoms with van der Waals surface area (Å²) in [5, 5.41) is 23.2. The minimum Gasteiger partial charge on any atom is -0.479 e. The number of carbonyl (C=O) groups excluding carboxylic acids is 1. The molecule has 1 aliphatic carbocycles. The normalized spacial score (nSPS) is 15.2. The van der Waals surface area contributed by atoms with Crippen molar-refractivity contribution in [3.05, 3.63) is 10.6 Å². The molecule has 1 atom stereocenters. The lowest BCUT2D eigenvalue weighted by molar-refractivity contribution is -0.146. The molecule has 110 valence electrons. The Morgan fingerprint density at radius 1 is 1.35 bits per heavy atom. The summed E-state index contributed by atoms with van der Waals surface area (Å²) in [6, 6.07) is -0.436. The smallest absolute Gasteiger partial charge is 0.332 e. The highest BCUT2D eigenvalue weighted by molar-refractivity contribution is 7.15. The van der Waals surface area contributed by atoms with Crippen LogP contribution in [0, 0.1) is 0 Å². The van der Waals surface area contributed by atoms with E-state index in [2.05, 4.69) is 15.6 Å². The number of rotatable bonds is 5. The summed E-state index contributed by atoms with van der Waals surface area (Å²) in [4.78, 5) is 27.6. The molecular weight excluding hydrogens is 282 g/mol. The lowest BCUT2D eigenvalue weighted by Gasteiger charge is -2.07. The van der Waals surface area contributed by atoms with Crippen molar-refractivity contribution in [3.63, 3.8) is 0 Å². The van der Waals surface area contributed by atoms with E-state index in [1.54, 1.807) is 0 Å². The molecule has 2 amide bonds. The molecule has 1 aromatic rings. The molecule has 7 nitrogen and oxygen atoms in total. The fourth-order valence-electron chi connectivity index (χ4n) is 1.99. The highest BCUT2D eigenvalue weighted by atomic mass is 32.1. The number of carboxylic acid groups (broad SMARTS) is 1. The van der Waals surface area contributed by atoms with Gasteiger partial charge in [0.25, 0.3) is 0 Å². The zero-order valence-electron chi connectivity index (χ0n) is 10.9. The van der Waals surface area contributed by atoms with Gasteiger partial charge in [0, 0.05) is 17.8 Å². The number of anilines is 1. The number of carboxylic acids is 1. The number of aliphatic carboxylic acids is 1. The fourth-order valence-corrected chi connectivity index (χ4v) is 3.04. The summed E-state index contributed by atoms with van der Waals surface area (Å²) >= 11 is 1.48. The Morgan fingerprint density at radius 2 is 2.10 bits per heavy atom. The molecule has 0 fully saturated rings. The van der Waals surface area contributed by atoms with Crippen LogP contribution < -0.4 is 10.6 Å². The van der Waals surface area contributed by atoms with Gasteiger partial charge in [-0.15, -0.1) is 11.3 Å². The van der Waals surface area contributed by atoms with Gasteiger partial charge in [-0.05, 0) is 25.7 Å². The van der Waals surface area contributed by atoms with Gasteiger partial charge in [0.15, 0.2) is 11.2 Å². The van der Waals surface area contributed by atoms with Gasteiger partial charge in [-0.1, -0.05) is 0 Å². The number of aliphatic hydroxyl groups excluding tert-OH is 1. The number of nitrogens with one attached hydrogen (secondary N) is 2. The van der Waals surface area contributed by atoms with Gasteiger partial charge in [-0.3, -0.25) is 5.32 Å². The number of thiazole rings is 1. The third-order valence-corrected chi connectivity index (χ3v) is 4.13. The Hall–Kier alpha value is -1.67. The molecule has 2 rings (SSSR count). The molecule has 1 aliphatic rings. The number of hydrogen-bond acceptors (Lipinski definition) is 5. The molecule has 1 aromatic heterocycles. The Balaban J connectivity index is 1.77. The number of amides is 2. The van der Waals surface area contributed by atoms with Crippen LogP contribution in [-0.2, 0) is 17.6 Å². The molecule has 8 heteroatoms. The lowest BCUT2D eigenvalue weighted by Crippen LogP contribution is -2.33. The van der Waals surface area contributed by atoms with Crippen LogP contribution in [0.2, 0.25) is 0 Å². The Morgan fingerprint density at radius 3 is 2.80 bits per heavy atom. The topological polar surface area (TPSA) is 112 Å². The maximum atomic E-state index is 11.6. The first-order chi connectivity index (χ1) is 9.56. The van der Waals surface area contributed by atoms with E-state index in [0.29, 0.717) is 5.13 Å². The zero-order chi connectivity index (χ0) is 14.5. The van der Waals surface area contributed by atoms with E-state index in [4.69, 9.17) is 10.2 Å². The predicted molar refractivity (Wildman–Crippen MR) is 74.0 cm³/mol. The predicted octanol–water partition coefficient (Wildman–Crippen LogP) is 0.979. The van der Waals surface area contributed by atoms with E-state index >= 15 is 0 Å². The first-order valence-corrected chi connectivity index (χ1v) is 7.32. The number of aromatic nitrogens is 1. The van der Waals surface area contributed by atoms with Crippen molar-refractivity contribution in [3.8, 4) is 0 Å². The van der Waals surface area contributed by atoms with Crippen molar-refractivity contribution < 1.29 is 19.8 Å². The van der Waals surface area contributed by atoms with Crippen molar-refractivity contribution >= 4 is 28.5 Å². The molecule has 0 aliphatic heterocycles. The van der Waals surface area contributed by atoms with Crippen LogP contribution in [0.25, 0.3) is 0 Å². The number of hydrogen-bond donors (Lipinski definition) is 4. The van der Waals surface area contributed by atoms with Gasteiger partial charge >= 0.3 is 12.0 Å². The summed E-state index contributed by atoms with van der Waals surface area (Å²) in [7, 11) is 0. The van der Waals surface area contributed by atoms with Gasteiger partial charge in [-0.2, -0.15) is 0 Å². The molecule has 20 heavy (non-hydrogen) atoms. The second-order valence-electron chi connectivity index (χ2n) is 4.62. The summed E-state index contributed by atoms with van der Waals surface area (Å²) in [6.45, 7) is 0.0877. The molecule has 0 radical (unpaired) electrons. The number of urea groups is 1. The number of nitrogens with zero attached hydrogens (tertiary/aromatic N) is 1. The van der Waals surface area contributed by atoms with E-state index in [1.165, 1.54) is 16.2 Å². The number of fused-ring (bicyclic) bond motifs is 1. The molecular formula is C12H17N3O4S. The molecule has 1 unspecified atom stereocenters. The first-order valence-electron chi connectivity index (χ1n) is 6.50. The largest absolute Gasteiger partial charge is 0.479 e. The van der Waals surface area contributed by atoms with Crippen molar-refractivity contribution in [2.75, 3.05) is 11.9 Å². The number of aryl methyl sites for hydroxylation is 2. The van der Waals surface area contributed by atoms with Gasteiger partial charge in [0.2, 0.25) is 0 Å². The van der Waals surface area contributed by atoms with E-state index in [9.17, 15) is 9.59 Å². The Labute approximate surface area is 120 Å². The second kappa shape index (κ2) is 6.67. The molecule has 4 N–H and O–H groups in total. The highest BCUT2D eigenvalue weighted by Crippen LogP contribution is 2.29. The fraction of sp³-hybridized carbons (Fsp3) is 0.583. The van der Waals surface area contributed by atoms with Gasteiger partial charge in [-0.25, -0.2) is 14.6 Å². The number of aliphatic hydroxyl groups is 1. The van der Waals surface area contributed by atoms with Crippen LogP contribution in [0.4, 0.5) is 9.93 Å². The zero-order valence-corrected chi connectivity index (χ0v) is 11.7. The van der Waals surface area contributed by atoms with Crippen LogP contribution in [0.15, 0.2) is 0 Å². The summed E-state index contributed by atoms with van der Waals surface area (Å²) in [5.41, 5.74) is 1.07. The van der Waals surface area contributed by atoms with Crippen LogP contribution in [-0.4, -0.2) is 39.8 Å². The second-order valence-corrected chi connectivity index (χ2v) is 5.70. The maximum absolute atomic E-state index is 11.6. The van der Waals surface area contributed by atoms with Crippen molar-refractivity contribution in [1.82, 2.24) is 10.3 Å². The molecule has 0 saturated heterocycles. The van der Waals surface area contributed by atoms with E-state index in [-0.39, 0.29) is 13.0 Å². The summed E-state index contributed by atoms with van der Waals surface area (Å²) in [6.07, 6.45) is 2.78. The Bertz CT molecular complexity index is 479. The third-order valence-electron chi connectivity index (χ3n) is 3.05. The van der Waals surface area contributed by atoms with Crippen molar-refractivity contribution in [2.24, 2.45) is 0 Å². The van der Waals surface area contributed by atoms with Crippen LogP contribution >= 0.6 is 11.3 Å². The van der Waals surface area contributed by atoms with Gasteiger partial charge in [0.05, 0.1) is 5.69 Å². The van der Waals surface area contributed by atoms with E-state index in [1.807, 2.05) is 0 Å². The highest BCUT2D eigenvalue weighted by Gasteiger charge is 2.17. The van der Waals surface area contributed by atoms with Gasteiger partial charge in [0.1, 0.15) is 0 Å². The molecule has 0 bridgehead atoms. The standard InChI is InChI=1S/C12H17N3O4S/c16-8(10(17)18)5-6-13-11(19)15-12-14-7-3-1-2-4-9(7)20-12/h8,16H,1-6H2,(H,17,18)(H2,13,14,15,19). The third kappa shape index (κ3) is 3.91. The minimum atomic E-state index is -1.46. The summed E-state index contributed by atoms with van der Waals surface area (Å²) < 4.78 is 0. The van der Waals surface area contributed by atoms with Crippen LogP contribution in [0.1, 0.15) is 29.8 Å². The van der Waals surface area contributed by atoms with Crippen molar-refractivity contribution in [2.45, 2.75) is 38.2 Å². The van der Waals surface area contributed by atoms with Crippen LogP contribution in [0.3, 0.4) is 0 Å². The molecule has 0 spiro atoms. The lowest BCUT2D eigenvalue weighted by atomic mass is 10.0. The van der Waals surface area contributed by atoms with Gasteiger partial charge < -0.3 is 15.5 Å². The quantitative estimate of drug-likeness (QED) is 0.647. The molecule has 0 aromatic carbocycles. The molecule has 1 heterocycles. The monoisotopic (exact) mass is 299 g/mol. The van der Waals surface area contributed by atoms with Crippen LogP contribution in [0.5, 0.6) is 0 Å². The first kappa shape index (κ1) is 14.7. The number of carbonyl (C=O) groups is 2. The van der Waals surface area contributed by atoms with E-state index < -0.39 is 18.1 Å². The molecule has 0 saturated carbocycles. The Kier molecular flexibility index (Phi) is 4.91. The average molecular weight is 299 g/mol. The van der Waals surface area contributed by atoms with E-state index in [0.717, 1.165) is 31.4 Å². The SMILES string of the molecule is O=C(NCCC(O)C(=O)O)Nc1nc2c(s1)CCCC2. The van der Waals surface area contributed by atoms with Crippen molar-refractivity contribution in [1.29, 1.82) is 0 Å². The minimum absolute atomic E-state index is 0.0306.